The van der Waals surface area contributed by atoms with Gasteiger partial charge >= 0.3 is 23.9 Å². The van der Waals surface area contributed by atoms with Crippen molar-refractivity contribution in [2.75, 3.05) is 109 Å². The predicted octanol–water partition coefficient (Wildman–Crippen LogP) is 0.184. The lowest BCUT2D eigenvalue weighted by Crippen LogP contribution is -2.53. The molecule has 63 heavy (non-hydrogen) atoms. The first kappa shape index (κ1) is 55.0. The standard InChI is InChI=1S/C40H65N9O11S3/c1-4-46-15-16-47(25-36(54)55)17-18-48(26-37(56)57)24-31(49(20-19-46)27-38(58)59)23-29-5-7-30(8-6-29)44-40(61)43-14-22-63-62-21-13-42-34(51)11-9-32(28(2)50)45-39(60)33(41-3)10-12-35(52)53/h5-8,31-33,41H,4,9-27H2,1-3H3,(H,42,51)(H,45,60)(H,52,53)(H,54,55)(H,56,57)(H,58,59)(H2,43,44,61). The van der Waals surface area contributed by atoms with Gasteiger partial charge in [0, 0.05) is 95.0 Å². The number of anilines is 1. The minimum atomic E-state index is -1.03. The summed E-state index contributed by atoms with van der Waals surface area (Å²) in [4.78, 5) is 91.0. The Kier molecular flexibility index (Phi) is 27.0. The molecule has 3 unspecified atom stereocenters. The number of hydrogen-bond donors (Lipinski definition) is 9. The highest BCUT2D eigenvalue weighted by Crippen LogP contribution is 2.20. The number of aliphatic carboxylic acids is 4. The minimum Gasteiger partial charge on any atom is -0.481 e. The molecule has 1 aliphatic heterocycles. The number of Topliss-reactive ketones (excluding diaryl/α,β-unsaturated/α-hetero) is 1. The molecule has 1 aliphatic rings. The Morgan fingerprint density at radius 2 is 1.29 bits per heavy atom. The van der Waals surface area contributed by atoms with Gasteiger partial charge in [-0.3, -0.25) is 48.3 Å². The van der Waals surface area contributed by atoms with E-state index in [0.717, 1.165) is 17.0 Å². The highest BCUT2D eigenvalue weighted by molar-refractivity contribution is 8.76. The first-order valence-corrected chi connectivity index (χ1v) is 23.8. The number of carbonyl (C=O) groups excluding carboxylic acids is 3. The summed E-state index contributed by atoms with van der Waals surface area (Å²) in [6, 6.07) is 5.61. The van der Waals surface area contributed by atoms with Crippen LogP contribution in [0.4, 0.5) is 5.69 Å². The number of nitrogens with zero attached hydrogens (tertiary/aromatic N) is 4. The second kappa shape index (κ2) is 30.9. The quantitative estimate of drug-likeness (QED) is 0.0324. The van der Waals surface area contributed by atoms with Crippen LogP contribution < -0.4 is 26.6 Å². The largest absolute Gasteiger partial charge is 0.481 e. The third-order valence-electron chi connectivity index (χ3n) is 10.2. The van der Waals surface area contributed by atoms with E-state index in [9.17, 15) is 48.9 Å². The summed E-state index contributed by atoms with van der Waals surface area (Å²) in [5.41, 5.74) is 1.67. The first-order valence-electron chi connectivity index (χ1n) is 20.9. The van der Waals surface area contributed by atoms with Gasteiger partial charge in [0.25, 0.3) is 0 Å². The Morgan fingerprint density at radius 3 is 1.86 bits per heavy atom. The van der Waals surface area contributed by atoms with Gasteiger partial charge in [0.05, 0.1) is 31.7 Å². The highest BCUT2D eigenvalue weighted by atomic mass is 33.1. The molecule has 0 spiro atoms. The van der Waals surface area contributed by atoms with Crippen molar-refractivity contribution in [3.05, 3.63) is 29.8 Å². The van der Waals surface area contributed by atoms with E-state index in [1.165, 1.54) is 14.0 Å². The summed E-state index contributed by atoms with van der Waals surface area (Å²) >= 11 is 5.49. The van der Waals surface area contributed by atoms with Crippen LogP contribution in [0.5, 0.6) is 0 Å². The molecule has 0 saturated carbocycles. The van der Waals surface area contributed by atoms with Crippen molar-refractivity contribution in [2.24, 2.45) is 0 Å². The van der Waals surface area contributed by atoms with E-state index in [-0.39, 0.29) is 69.6 Å². The van der Waals surface area contributed by atoms with Crippen molar-refractivity contribution in [1.29, 1.82) is 0 Å². The van der Waals surface area contributed by atoms with Crippen molar-refractivity contribution in [1.82, 2.24) is 40.9 Å². The second-order valence-corrected chi connectivity index (χ2v) is 18.1. The van der Waals surface area contributed by atoms with Crippen LogP contribution in [0.2, 0.25) is 0 Å². The number of carboxylic acids is 4. The molecule has 0 bridgehead atoms. The maximum absolute atomic E-state index is 12.5. The molecule has 9 N–H and O–H groups in total. The average Bonchev–Trinajstić information content (AvgIpc) is 3.21. The average molecular weight is 944 g/mol. The van der Waals surface area contributed by atoms with Crippen molar-refractivity contribution in [2.45, 2.75) is 64.1 Å². The van der Waals surface area contributed by atoms with Crippen molar-refractivity contribution in [3.63, 3.8) is 0 Å². The summed E-state index contributed by atoms with van der Waals surface area (Å²) in [5.74, 6) is -3.68. The third-order valence-corrected chi connectivity index (χ3v) is 12.8. The van der Waals surface area contributed by atoms with Crippen LogP contribution >= 0.6 is 33.8 Å². The normalized spacial score (nSPS) is 17.0. The summed E-state index contributed by atoms with van der Waals surface area (Å²) in [7, 11) is 4.71. The molecule has 0 aliphatic carbocycles. The summed E-state index contributed by atoms with van der Waals surface area (Å²) in [5, 5.41) is 52.9. The van der Waals surface area contributed by atoms with Gasteiger partial charge in [-0.05, 0) is 69.7 Å². The van der Waals surface area contributed by atoms with Crippen LogP contribution in [0.25, 0.3) is 0 Å². The van der Waals surface area contributed by atoms with Crippen LogP contribution in [0, 0.1) is 0 Å². The number of ketones is 1. The van der Waals surface area contributed by atoms with Crippen LogP contribution in [-0.4, -0.2) is 208 Å². The zero-order chi connectivity index (χ0) is 46.7. The molecule has 0 radical (unpaired) electrons. The topological polar surface area (TPSA) is 274 Å². The lowest BCUT2D eigenvalue weighted by atomic mass is 10.0. The van der Waals surface area contributed by atoms with Gasteiger partial charge < -0.3 is 51.9 Å². The molecule has 23 heteroatoms. The molecule has 1 saturated heterocycles. The summed E-state index contributed by atoms with van der Waals surface area (Å²) < 4.78 is 0. The fourth-order valence-corrected chi connectivity index (χ4v) is 8.77. The van der Waals surface area contributed by atoms with Gasteiger partial charge in [0.2, 0.25) is 11.8 Å². The molecule has 354 valence electrons. The second-order valence-electron chi connectivity index (χ2n) is 15.0. The molecular formula is C40H65N9O11S3. The number of carbonyl (C=O) groups is 7. The van der Waals surface area contributed by atoms with Crippen molar-refractivity contribution in [3.8, 4) is 0 Å². The van der Waals surface area contributed by atoms with E-state index < -0.39 is 41.9 Å². The number of amides is 2. The van der Waals surface area contributed by atoms with E-state index in [1.54, 1.807) is 26.5 Å². The van der Waals surface area contributed by atoms with Crippen LogP contribution in [0.15, 0.2) is 24.3 Å². The molecule has 2 rings (SSSR count). The van der Waals surface area contributed by atoms with Crippen LogP contribution in [0.1, 0.15) is 45.1 Å². The Labute approximate surface area is 382 Å². The molecule has 20 nitrogen and oxygen atoms in total. The minimum absolute atomic E-state index is 0.0357. The molecule has 1 aromatic carbocycles. The Bertz CT molecular complexity index is 1650. The maximum Gasteiger partial charge on any atom is 0.317 e. The van der Waals surface area contributed by atoms with E-state index in [2.05, 4.69) is 31.5 Å². The number of rotatable bonds is 27. The van der Waals surface area contributed by atoms with Gasteiger partial charge in [0.15, 0.2) is 10.9 Å². The monoisotopic (exact) mass is 943 g/mol. The summed E-state index contributed by atoms with van der Waals surface area (Å²) in [6.45, 7) is 7.41. The fraction of sp³-hybridized carbons (Fsp3) is 0.650. The molecule has 3 atom stereocenters. The number of thiocarbonyl (C=S) groups is 1. The number of carboxylic acid groups (broad SMARTS) is 4. The smallest absolute Gasteiger partial charge is 0.317 e. The van der Waals surface area contributed by atoms with Crippen molar-refractivity contribution < 1.29 is 54.0 Å². The molecule has 0 aromatic heterocycles. The highest BCUT2D eigenvalue weighted by Gasteiger charge is 2.27. The van der Waals surface area contributed by atoms with Gasteiger partial charge in [0.1, 0.15) is 0 Å². The number of nitrogens with one attached hydrogen (secondary N) is 5. The van der Waals surface area contributed by atoms with E-state index in [4.69, 9.17) is 17.3 Å². The number of hydrogen-bond acceptors (Lipinski definition) is 15. The predicted molar refractivity (Wildman–Crippen MR) is 247 cm³/mol. The van der Waals surface area contributed by atoms with E-state index >= 15 is 0 Å². The fourth-order valence-electron chi connectivity index (χ4n) is 6.74. The zero-order valence-electron chi connectivity index (χ0n) is 36.3. The van der Waals surface area contributed by atoms with Crippen LogP contribution in [0.3, 0.4) is 0 Å². The first-order chi connectivity index (χ1) is 30.0. The van der Waals surface area contributed by atoms with E-state index in [0.29, 0.717) is 76.2 Å². The lowest BCUT2D eigenvalue weighted by Gasteiger charge is -2.37. The van der Waals surface area contributed by atoms with Gasteiger partial charge in [-0.25, -0.2) is 0 Å². The van der Waals surface area contributed by atoms with Gasteiger partial charge in [-0.15, -0.1) is 0 Å². The maximum atomic E-state index is 12.5. The molecule has 2 amide bonds. The SMILES string of the molecule is CCN1CCN(CC(=O)O)CCN(CC(=O)O)CC(Cc2ccc(NC(=S)NCCSSCCNC(=O)CCC(NC(=O)C(CCC(=O)O)NC)C(C)=O)cc2)N(CC(=O)O)CC1. The molecule has 1 heterocycles. The molecular weight excluding hydrogens is 879 g/mol. The Morgan fingerprint density at radius 1 is 0.730 bits per heavy atom. The lowest BCUT2D eigenvalue weighted by molar-refractivity contribution is -0.141. The third kappa shape index (κ3) is 24.5. The van der Waals surface area contributed by atoms with Crippen molar-refractivity contribution >= 4 is 86.1 Å². The number of likely N-dealkylation sites (N-methyl/N-ethyl adjacent to an activating group) is 2. The molecule has 1 aromatic rings. The number of benzene rings is 1. The Hall–Kier alpha value is -4.10. The van der Waals surface area contributed by atoms with Gasteiger partial charge in [-0.1, -0.05) is 40.6 Å². The van der Waals surface area contributed by atoms with Gasteiger partial charge in [-0.2, -0.15) is 0 Å². The Balaban J connectivity index is 1.84. The molecule has 1 fully saturated rings. The summed E-state index contributed by atoms with van der Waals surface area (Å²) in [6.07, 6.45) is 0.467. The zero-order valence-corrected chi connectivity index (χ0v) is 38.8. The van der Waals surface area contributed by atoms with Crippen LogP contribution in [-0.2, 0) is 40.0 Å². The van der Waals surface area contributed by atoms with E-state index in [1.807, 2.05) is 41.0 Å².